The molecule has 0 saturated carbocycles. The van der Waals surface area contributed by atoms with Crippen LogP contribution in [0.1, 0.15) is 19.5 Å². The molecule has 0 aliphatic carbocycles. The molecule has 0 aliphatic heterocycles. The molecule has 0 fully saturated rings. The Balaban J connectivity index is 2.18. The van der Waals surface area contributed by atoms with Gasteiger partial charge in [0.1, 0.15) is 10.9 Å². The summed E-state index contributed by atoms with van der Waals surface area (Å²) in [5.41, 5.74) is 0.667. The molecule has 26 heavy (non-hydrogen) atoms. The number of nitrogens with one attached hydrogen (secondary N) is 2. The first-order chi connectivity index (χ1) is 12.2. The molecule has 140 valence electrons. The molecule has 2 N–H and O–H groups in total. The van der Waals surface area contributed by atoms with Gasteiger partial charge in [-0.1, -0.05) is 49.2 Å². The predicted molar refractivity (Wildman–Crippen MR) is 101 cm³/mol. The summed E-state index contributed by atoms with van der Waals surface area (Å²) in [5, 5.41) is 2.66. The number of rotatable bonds is 7. The van der Waals surface area contributed by atoms with E-state index in [4.69, 9.17) is 23.2 Å². The molecule has 1 amide bonds. The van der Waals surface area contributed by atoms with Crippen molar-refractivity contribution in [3.8, 4) is 0 Å². The molecule has 0 bridgehead atoms. The van der Waals surface area contributed by atoms with Crippen molar-refractivity contribution in [2.75, 3.05) is 0 Å². The molecule has 0 unspecified atom stereocenters. The Labute approximate surface area is 163 Å². The van der Waals surface area contributed by atoms with E-state index in [1.54, 1.807) is 44.3 Å². The SMILES string of the molecule is CC(C)[C@H](NS(=O)(=O)c1c(Cl)cccc1Cl)C(=O)NCc1ccccn1. The number of amides is 1. The molecule has 1 aromatic heterocycles. The molecule has 9 heteroatoms. The lowest BCUT2D eigenvalue weighted by atomic mass is 10.1. The summed E-state index contributed by atoms with van der Waals surface area (Å²) < 4.78 is 27.8. The first kappa shape index (κ1) is 20.6. The Hall–Kier alpha value is -1.67. The van der Waals surface area contributed by atoms with E-state index in [-0.39, 0.29) is 27.4 Å². The fraction of sp³-hybridized carbons (Fsp3) is 0.294. The van der Waals surface area contributed by atoms with Gasteiger partial charge in [-0.05, 0) is 30.2 Å². The highest BCUT2D eigenvalue weighted by molar-refractivity contribution is 7.89. The van der Waals surface area contributed by atoms with E-state index in [9.17, 15) is 13.2 Å². The second-order valence-electron chi connectivity index (χ2n) is 5.93. The zero-order valence-corrected chi connectivity index (χ0v) is 16.6. The van der Waals surface area contributed by atoms with Crippen LogP contribution in [0.2, 0.25) is 10.0 Å². The van der Waals surface area contributed by atoms with E-state index in [0.29, 0.717) is 5.69 Å². The van der Waals surface area contributed by atoms with Gasteiger partial charge in [0.15, 0.2) is 0 Å². The molecule has 2 rings (SSSR count). The average molecular weight is 416 g/mol. The van der Waals surface area contributed by atoms with Crippen LogP contribution >= 0.6 is 23.2 Å². The lowest BCUT2D eigenvalue weighted by molar-refractivity contribution is -0.123. The number of hydrogen-bond acceptors (Lipinski definition) is 4. The maximum atomic E-state index is 12.7. The quantitative estimate of drug-likeness (QED) is 0.727. The molecule has 0 aliphatic rings. The molecule has 0 saturated heterocycles. The number of carbonyl (C=O) groups is 1. The Morgan fingerprint density at radius 2 is 1.77 bits per heavy atom. The van der Waals surface area contributed by atoms with Crippen molar-refractivity contribution in [1.29, 1.82) is 0 Å². The van der Waals surface area contributed by atoms with Gasteiger partial charge in [-0.15, -0.1) is 0 Å². The van der Waals surface area contributed by atoms with Gasteiger partial charge in [-0.2, -0.15) is 4.72 Å². The smallest absolute Gasteiger partial charge is 0.244 e. The molecule has 1 atom stereocenters. The van der Waals surface area contributed by atoms with E-state index in [2.05, 4.69) is 15.0 Å². The first-order valence-electron chi connectivity index (χ1n) is 7.86. The second kappa shape index (κ2) is 8.81. The number of sulfonamides is 1. The topological polar surface area (TPSA) is 88.2 Å². The fourth-order valence-electron chi connectivity index (χ4n) is 2.25. The first-order valence-corrected chi connectivity index (χ1v) is 10.1. The largest absolute Gasteiger partial charge is 0.349 e. The maximum absolute atomic E-state index is 12.7. The molecular weight excluding hydrogens is 397 g/mol. The number of hydrogen-bond donors (Lipinski definition) is 2. The molecule has 0 radical (unpaired) electrons. The summed E-state index contributed by atoms with van der Waals surface area (Å²) in [6, 6.07) is 8.74. The average Bonchev–Trinajstić information content (AvgIpc) is 2.58. The predicted octanol–water partition coefficient (Wildman–Crippen LogP) is 3.01. The van der Waals surface area contributed by atoms with E-state index in [1.807, 2.05) is 0 Å². The van der Waals surface area contributed by atoms with Crippen LogP contribution in [0.4, 0.5) is 0 Å². The number of nitrogens with zero attached hydrogens (tertiary/aromatic N) is 1. The highest BCUT2D eigenvalue weighted by atomic mass is 35.5. The van der Waals surface area contributed by atoms with Crippen LogP contribution < -0.4 is 10.0 Å². The van der Waals surface area contributed by atoms with Crippen molar-refractivity contribution in [2.45, 2.75) is 31.3 Å². The van der Waals surface area contributed by atoms with Crippen molar-refractivity contribution in [3.63, 3.8) is 0 Å². The minimum atomic E-state index is -4.08. The van der Waals surface area contributed by atoms with Crippen LogP contribution in [0.15, 0.2) is 47.5 Å². The zero-order valence-electron chi connectivity index (χ0n) is 14.2. The summed E-state index contributed by atoms with van der Waals surface area (Å²) in [6.07, 6.45) is 1.61. The third kappa shape index (κ3) is 5.17. The third-order valence-corrected chi connectivity index (χ3v) is 5.98. The lowest BCUT2D eigenvalue weighted by Crippen LogP contribution is -2.49. The number of benzene rings is 1. The van der Waals surface area contributed by atoms with E-state index >= 15 is 0 Å². The summed E-state index contributed by atoms with van der Waals surface area (Å²) in [7, 11) is -4.08. The van der Waals surface area contributed by atoms with Crippen LogP contribution in [0.25, 0.3) is 0 Å². The monoisotopic (exact) mass is 415 g/mol. The Morgan fingerprint density at radius 1 is 1.12 bits per heavy atom. The van der Waals surface area contributed by atoms with Gasteiger partial charge in [-0.25, -0.2) is 8.42 Å². The standard InChI is InChI=1S/C17H19Cl2N3O3S/c1-11(2)15(17(23)21-10-12-6-3-4-9-20-12)22-26(24,25)16-13(18)7-5-8-14(16)19/h3-9,11,15,22H,10H2,1-2H3,(H,21,23)/t15-/m0/s1. The van der Waals surface area contributed by atoms with Crippen LogP contribution in [-0.2, 0) is 21.4 Å². The lowest BCUT2D eigenvalue weighted by Gasteiger charge is -2.22. The molecule has 0 spiro atoms. The van der Waals surface area contributed by atoms with Gasteiger partial charge in [0.05, 0.1) is 22.3 Å². The normalized spacial score (nSPS) is 12.8. The third-order valence-electron chi connectivity index (χ3n) is 3.59. The minimum Gasteiger partial charge on any atom is -0.349 e. The second-order valence-corrected chi connectivity index (χ2v) is 8.40. The van der Waals surface area contributed by atoms with Crippen LogP contribution in [-0.4, -0.2) is 25.4 Å². The molecule has 1 heterocycles. The van der Waals surface area contributed by atoms with E-state index in [1.165, 1.54) is 12.1 Å². The Bertz CT molecular complexity index is 854. The van der Waals surface area contributed by atoms with E-state index < -0.39 is 22.0 Å². The van der Waals surface area contributed by atoms with Gasteiger partial charge in [0.2, 0.25) is 15.9 Å². The molecule has 6 nitrogen and oxygen atoms in total. The van der Waals surface area contributed by atoms with Crippen molar-refractivity contribution in [1.82, 2.24) is 15.0 Å². The fourth-order valence-corrected chi connectivity index (χ4v) is 4.74. The summed E-state index contributed by atoms with van der Waals surface area (Å²) in [4.78, 5) is 16.4. The van der Waals surface area contributed by atoms with Gasteiger partial charge in [0, 0.05) is 6.20 Å². The van der Waals surface area contributed by atoms with Crippen LogP contribution in [0.5, 0.6) is 0 Å². The Morgan fingerprint density at radius 3 is 2.31 bits per heavy atom. The number of halogens is 2. The number of pyridine rings is 1. The molecular formula is C17H19Cl2N3O3S. The summed E-state index contributed by atoms with van der Waals surface area (Å²) >= 11 is 12.0. The number of carbonyl (C=O) groups excluding carboxylic acids is 1. The maximum Gasteiger partial charge on any atom is 0.244 e. The van der Waals surface area contributed by atoms with Gasteiger partial charge >= 0.3 is 0 Å². The highest BCUT2D eigenvalue weighted by Gasteiger charge is 2.30. The van der Waals surface area contributed by atoms with Gasteiger partial charge in [0.25, 0.3) is 0 Å². The van der Waals surface area contributed by atoms with E-state index in [0.717, 1.165) is 0 Å². The summed E-state index contributed by atoms with van der Waals surface area (Å²) in [6.45, 7) is 3.67. The van der Waals surface area contributed by atoms with Crippen molar-refractivity contribution in [2.24, 2.45) is 5.92 Å². The Kier molecular flexibility index (Phi) is 7.00. The minimum absolute atomic E-state index is 0.0126. The van der Waals surface area contributed by atoms with Crippen molar-refractivity contribution < 1.29 is 13.2 Å². The highest BCUT2D eigenvalue weighted by Crippen LogP contribution is 2.29. The van der Waals surface area contributed by atoms with Gasteiger partial charge in [-0.3, -0.25) is 9.78 Å². The molecule has 1 aromatic carbocycles. The van der Waals surface area contributed by atoms with Crippen molar-refractivity contribution in [3.05, 3.63) is 58.3 Å². The summed E-state index contributed by atoms with van der Waals surface area (Å²) in [5.74, 6) is -0.757. The van der Waals surface area contributed by atoms with Crippen LogP contribution in [0, 0.1) is 5.92 Å². The zero-order chi connectivity index (χ0) is 19.3. The number of aromatic nitrogens is 1. The molecule has 2 aromatic rings. The van der Waals surface area contributed by atoms with Crippen molar-refractivity contribution >= 4 is 39.1 Å². The van der Waals surface area contributed by atoms with Gasteiger partial charge < -0.3 is 5.32 Å². The van der Waals surface area contributed by atoms with Crippen LogP contribution in [0.3, 0.4) is 0 Å².